The molecule has 10 heteroatoms. The van der Waals surface area contributed by atoms with Crippen LogP contribution in [0.1, 0.15) is 5.56 Å². The lowest BCUT2D eigenvalue weighted by molar-refractivity contribution is -0.119. The fraction of sp³-hybridized carbons (Fsp3) is 0.208. The number of hydrogen-bond acceptors (Lipinski definition) is 5. The Morgan fingerprint density at radius 1 is 1.03 bits per heavy atom. The summed E-state index contributed by atoms with van der Waals surface area (Å²) in [6.45, 7) is 0.0153. The molecule has 0 atom stereocenters. The third-order valence-corrected chi connectivity index (χ3v) is 8.16. The van der Waals surface area contributed by atoms with E-state index in [-0.39, 0.29) is 22.2 Å². The Kier molecular flexibility index (Phi) is 9.53. The Bertz CT molecular complexity index is 1210. The second-order valence-corrected chi connectivity index (χ2v) is 11.0. The molecule has 3 aromatic carbocycles. The summed E-state index contributed by atoms with van der Waals surface area (Å²) in [4.78, 5) is 12.8. The molecule has 0 bridgehead atoms. The topological polar surface area (TPSA) is 75.7 Å². The highest BCUT2D eigenvalue weighted by atomic mass is 35.5. The minimum atomic E-state index is -4.00. The number of nitrogens with one attached hydrogen (secondary N) is 1. The molecule has 34 heavy (non-hydrogen) atoms. The second-order valence-electron chi connectivity index (χ2n) is 7.17. The van der Waals surface area contributed by atoms with Crippen LogP contribution in [0.15, 0.2) is 77.7 Å². The van der Waals surface area contributed by atoms with Gasteiger partial charge in [-0.3, -0.25) is 9.10 Å². The SMILES string of the molecule is COc1ccc(N(CC(=O)NCCSCc2ccc(Cl)cc2)S(=O)(=O)c2ccccc2)cc1Cl. The van der Waals surface area contributed by atoms with Gasteiger partial charge in [0.15, 0.2) is 0 Å². The zero-order valence-electron chi connectivity index (χ0n) is 18.4. The maximum absolute atomic E-state index is 13.3. The van der Waals surface area contributed by atoms with E-state index in [1.807, 2.05) is 24.3 Å². The number of thioether (sulfide) groups is 1. The number of hydrogen-bond donors (Lipinski definition) is 1. The summed E-state index contributed by atoms with van der Waals surface area (Å²) in [5, 5.41) is 3.73. The molecule has 180 valence electrons. The molecule has 0 saturated carbocycles. The number of carbonyl (C=O) groups excluding carboxylic acids is 1. The highest BCUT2D eigenvalue weighted by Crippen LogP contribution is 2.31. The van der Waals surface area contributed by atoms with Crippen LogP contribution in [0.3, 0.4) is 0 Å². The Labute approximate surface area is 214 Å². The van der Waals surface area contributed by atoms with E-state index in [9.17, 15) is 13.2 Å². The molecule has 0 aliphatic rings. The lowest BCUT2D eigenvalue weighted by atomic mass is 10.2. The van der Waals surface area contributed by atoms with Gasteiger partial charge in [0, 0.05) is 23.1 Å². The molecule has 0 heterocycles. The minimum Gasteiger partial charge on any atom is -0.495 e. The van der Waals surface area contributed by atoms with Crippen molar-refractivity contribution in [2.24, 2.45) is 0 Å². The second kappa shape index (κ2) is 12.4. The molecule has 0 radical (unpaired) electrons. The number of benzene rings is 3. The van der Waals surface area contributed by atoms with E-state index in [0.29, 0.717) is 23.1 Å². The number of sulfonamides is 1. The summed E-state index contributed by atoms with van der Waals surface area (Å²) in [6.07, 6.45) is 0. The lowest BCUT2D eigenvalue weighted by Crippen LogP contribution is -2.41. The molecule has 0 aromatic heterocycles. The first-order valence-corrected chi connectivity index (χ1v) is 13.7. The predicted molar refractivity (Wildman–Crippen MR) is 140 cm³/mol. The van der Waals surface area contributed by atoms with Crippen molar-refractivity contribution >= 4 is 56.6 Å². The van der Waals surface area contributed by atoms with Crippen LogP contribution < -0.4 is 14.4 Å². The smallest absolute Gasteiger partial charge is 0.264 e. The summed E-state index contributed by atoms with van der Waals surface area (Å²) in [6, 6.07) is 20.1. The first kappa shape index (κ1) is 26.2. The van der Waals surface area contributed by atoms with Crippen LogP contribution in [0.4, 0.5) is 5.69 Å². The van der Waals surface area contributed by atoms with Crippen molar-refractivity contribution in [1.29, 1.82) is 0 Å². The lowest BCUT2D eigenvalue weighted by Gasteiger charge is -2.24. The van der Waals surface area contributed by atoms with Crippen LogP contribution in [0.25, 0.3) is 0 Å². The van der Waals surface area contributed by atoms with Gasteiger partial charge in [0.05, 0.1) is 22.7 Å². The van der Waals surface area contributed by atoms with Gasteiger partial charge in [0.1, 0.15) is 12.3 Å². The van der Waals surface area contributed by atoms with E-state index in [1.165, 1.54) is 25.3 Å². The van der Waals surface area contributed by atoms with Crippen molar-refractivity contribution in [1.82, 2.24) is 5.32 Å². The van der Waals surface area contributed by atoms with E-state index in [0.717, 1.165) is 15.6 Å². The Morgan fingerprint density at radius 2 is 1.74 bits per heavy atom. The van der Waals surface area contributed by atoms with Crippen LogP contribution in [0.2, 0.25) is 10.0 Å². The molecule has 6 nitrogen and oxygen atoms in total. The Morgan fingerprint density at radius 3 is 2.38 bits per heavy atom. The van der Waals surface area contributed by atoms with Crippen LogP contribution in [-0.4, -0.2) is 40.3 Å². The molecule has 0 aliphatic heterocycles. The van der Waals surface area contributed by atoms with Crippen molar-refractivity contribution in [3.8, 4) is 5.75 Å². The normalized spacial score (nSPS) is 11.1. The van der Waals surface area contributed by atoms with E-state index in [1.54, 1.807) is 42.1 Å². The van der Waals surface area contributed by atoms with Crippen molar-refractivity contribution in [3.63, 3.8) is 0 Å². The Balaban J connectivity index is 1.67. The van der Waals surface area contributed by atoms with Crippen LogP contribution >= 0.6 is 35.0 Å². The first-order chi connectivity index (χ1) is 16.3. The number of methoxy groups -OCH3 is 1. The number of ether oxygens (including phenoxy) is 1. The summed E-state index contributed by atoms with van der Waals surface area (Å²) in [5.74, 6) is 1.45. The average molecular weight is 540 g/mol. The van der Waals surface area contributed by atoms with Crippen molar-refractivity contribution < 1.29 is 17.9 Å². The molecule has 0 spiro atoms. The van der Waals surface area contributed by atoms with Gasteiger partial charge in [-0.15, -0.1) is 0 Å². The zero-order chi connectivity index (χ0) is 24.6. The number of nitrogens with zero attached hydrogens (tertiary/aromatic N) is 1. The van der Waals surface area contributed by atoms with Crippen LogP contribution in [0.5, 0.6) is 5.75 Å². The number of halogens is 2. The van der Waals surface area contributed by atoms with Gasteiger partial charge in [-0.05, 0) is 48.0 Å². The van der Waals surface area contributed by atoms with Gasteiger partial charge in [-0.2, -0.15) is 11.8 Å². The van der Waals surface area contributed by atoms with Crippen LogP contribution in [0, 0.1) is 0 Å². The van der Waals surface area contributed by atoms with Gasteiger partial charge in [-0.1, -0.05) is 53.5 Å². The van der Waals surface area contributed by atoms with Gasteiger partial charge >= 0.3 is 0 Å². The highest BCUT2D eigenvalue weighted by molar-refractivity contribution is 7.98. The molecular weight excluding hydrogens is 515 g/mol. The van der Waals surface area contributed by atoms with Gasteiger partial charge in [0.25, 0.3) is 10.0 Å². The highest BCUT2D eigenvalue weighted by Gasteiger charge is 2.27. The first-order valence-electron chi connectivity index (χ1n) is 10.3. The molecule has 1 amide bonds. The predicted octanol–water partition coefficient (Wildman–Crippen LogP) is 5.25. The third kappa shape index (κ3) is 7.06. The number of rotatable bonds is 11. The molecule has 0 saturated heterocycles. The third-order valence-electron chi connectivity index (χ3n) is 4.79. The van der Waals surface area contributed by atoms with Crippen molar-refractivity contribution in [2.75, 3.05) is 30.3 Å². The zero-order valence-corrected chi connectivity index (χ0v) is 21.6. The monoisotopic (exact) mass is 538 g/mol. The summed E-state index contributed by atoms with van der Waals surface area (Å²) >= 11 is 13.8. The molecule has 1 N–H and O–H groups in total. The Hall–Kier alpha value is -2.39. The van der Waals surface area contributed by atoms with E-state index >= 15 is 0 Å². The fourth-order valence-electron chi connectivity index (χ4n) is 3.06. The molecule has 0 fully saturated rings. The summed E-state index contributed by atoms with van der Waals surface area (Å²) < 4.78 is 32.9. The van der Waals surface area contributed by atoms with Gasteiger partial charge in [-0.25, -0.2) is 8.42 Å². The number of anilines is 1. The maximum atomic E-state index is 13.3. The van der Waals surface area contributed by atoms with Crippen molar-refractivity contribution in [2.45, 2.75) is 10.6 Å². The van der Waals surface area contributed by atoms with Crippen molar-refractivity contribution in [3.05, 3.63) is 88.4 Å². The van der Waals surface area contributed by atoms with E-state index in [4.69, 9.17) is 27.9 Å². The quantitative estimate of drug-likeness (QED) is 0.337. The summed E-state index contributed by atoms with van der Waals surface area (Å²) in [5.41, 5.74) is 1.40. The minimum absolute atomic E-state index is 0.0771. The molecule has 0 unspecified atom stereocenters. The number of amides is 1. The largest absolute Gasteiger partial charge is 0.495 e. The van der Waals surface area contributed by atoms with E-state index < -0.39 is 15.9 Å². The standard InChI is InChI=1S/C24H24Cl2N2O4S2/c1-32-23-12-11-20(15-22(23)26)28(34(30,31)21-5-3-2-4-6-21)16-24(29)27-13-14-33-17-18-7-9-19(25)10-8-18/h2-12,15H,13-14,16-17H2,1H3,(H,27,29). The average Bonchev–Trinajstić information content (AvgIpc) is 2.84. The molecule has 3 rings (SSSR count). The maximum Gasteiger partial charge on any atom is 0.264 e. The number of carbonyl (C=O) groups is 1. The molecule has 3 aromatic rings. The molecule has 0 aliphatic carbocycles. The van der Waals surface area contributed by atoms with Gasteiger partial charge < -0.3 is 10.1 Å². The summed E-state index contributed by atoms with van der Waals surface area (Å²) in [7, 11) is -2.53. The molecular formula is C24H24Cl2N2O4S2. The van der Waals surface area contributed by atoms with E-state index in [2.05, 4.69) is 5.32 Å². The fourth-order valence-corrected chi connectivity index (χ4v) is 5.70. The van der Waals surface area contributed by atoms with Gasteiger partial charge in [0.2, 0.25) is 5.91 Å². The van der Waals surface area contributed by atoms with Crippen LogP contribution in [-0.2, 0) is 20.6 Å².